The van der Waals surface area contributed by atoms with Crippen LogP contribution >= 0.6 is 15.9 Å². The summed E-state index contributed by atoms with van der Waals surface area (Å²) in [5.41, 5.74) is 4.20. The highest BCUT2D eigenvalue weighted by Gasteiger charge is 2.32. The van der Waals surface area contributed by atoms with Crippen LogP contribution in [0, 0.1) is 11.7 Å². The summed E-state index contributed by atoms with van der Waals surface area (Å²) < 4.78 is 20.1. The van der Waals surface area contributed by atoms with Crippen LogP contribution in [0.1, 0.15) is 30.5 Å². The van der Waals surface area contributed by atoms with Crippen LogP contribution in [0.15, 0.2) is 71.2 Å². The van der Waals surface area contributed by atoms with Gasteiger partial charge in [0.15, 0.2) is 0 Å². The normalized spacial score (nSPS) is 14.4. The van der Waals surface area contributed by atoms with Crippen molar-refractivity contribution in [2.75, 3.05) is 11.4 Å². The third-order valence-electron chi connectivity index (χ3n) is 5.09. The first kappa shape index (κ1) is 21.3. The summed E-state index contributed by atoms with van der Waals surface area (Å²) >= 11 is 3.52. The van der Waals surface area contributed by atoms with Gasteiger partial charge in [-0.05, 0) is 54.0 Å². The number of hydrogen-bond donors (Lipinski definition) is 0. The van der Waals surface area contributed by atoms with Gasteiger partial charge in [0.2, 0.25) is 0 Å². The molecule has 0 radical (unpaired) electrons. The number of halogens is 2. The van der Waals surface area contributed by atoms with Crippen molar-refractivity contribution in [1.29, 1.82) is 0 Å². The Morgan fingerprint density at radius 1 is 1.06 bits per heavy atom. The van der Waals surface area contributed by atoms with E-state index in [1.54, 1.807) is 12.1 Å². The van der Waals surface area contributed by atoms with Gasteiger partial charge in [-0.15, -0.1) is 0 Å². The molecule has 31 heavy (non-hydrogen) atoms. The molecule has 0 saturated heterocycles. The van der Waals surface area contributed by atoms with Crippen molar-refractivity contribution in [2.24, 2.45) is 5.92 Å². The molecule has 3 aromatic carbocycles. The second-order valence-corrected chi connectivity index (χ2v) is 8.90. The van der Waals surface area contributed by atoms with E-state index in [0.29, 0.717) is 30.4 Å². The van der Waals surface area contributed by atoms with E-state index in [1.807, 2.05) is 53.4 Å². The Balaban J connectivity index is 1.68. The number of nitrogens with zero attached hydrogens (tertiary/aromatic N) is 1. The molecule has 0 bridgehead atoms. The van der Waals surface area contributed by atoms with Crippen LogP contribution in [0.25, 0.3) is 11.6 Å². The molecule has 3 aromatic rings. The topological polar surface area (TPSA) is 29.5 Å². The number of ether oxygens (including phenoxy) is 1. The predicted molar refractivity (Wildman–Crippen MR) is 126 cm³/mol. The third-order valence-corrected chi connectivity index (χ3v) is 5.58. The minimum atomic E-state index is -0.276. The van der Waals surface area contributed by atoms with E-state index in [9.17, 15) is 9.18 Å². The van der Waals surface area contributed by atoms with Crippen LogP contribution in [0.3, 0.4) is 0 Å². The highest BCUT2D eigenvalue weighted by Crippen LogP contribution is 2.39. The fourth-order valence-corrected chi connectivity index (χ4v) is 4.03. The molecule has 1 amide bonds. The Morgan fingerprint density at radius 3 is 2.55 bits per heavy atom. The van der Waals surface area contributed by atoms with Crippen LogP contribution in [-0.2, 0) is 11.4 Å². The summed E-state index contributed by atoms with van der Waals surface area (Å²) in [6, 6.07) is 19.8. The molecule has 1 aliphatic heterocycles. The van der Waals surface area contributed by atoms with E-state index >= 15 is 0 Å². The number of carbonyl (C=O) groups excluding carboxylic acids is 1. The van der Waals surface area contributed by atoms with Crippen LogP contribution in [0.4, 0.5) is 10.1 Å². The molecule has 0 atom stereocenters. The predicted octanol–water partition coefficient (Wildman–Crippen LogP) is 6.71. The Morgan fingerprint density at radius 2 is 1.81 bits per heavy atom. The Labute approximate surface area is 190 Å². The number of carbonyl (C=O) groups is 1. The minimum Gasteiger partial charge on any atom is -0.488 e. The molecule has 0 saturated carbocycles. The molecular formula is C26H23BrFNO2. The number of fused-ring (bicyclic) bond motifs is 1. The first-order chi connectivity index (χ1) is 14.9. The van der Waals surface area contributed by atoms with E-state index in [0.717, 1.165) is 26.9 Å². The fourth-order valence-electron chi connectivity index (χ4n) is 3.65. The average Bonchev–Trinajstić information content (AvgIpc) is 3.00. The van der Waals surface area contributed by atoms with Gasteiger partial charge in [-0.2, -0.15) is 0 Å². The Bertz CT molecular complexity index is 1140. The maximum Gasteiger partial charge on any atom is 0.259 e. The van der Waals surface area contributed by atoms with Gasteiger partial charge in [0.05, 0.1) is 5.69 Å². The summed E-state index contributed by atoms with van der Waals surface area (Å²) in [6.45, 7) is 5.18. The highest BCUT2D eigenvalue weighted by molar-refractivity contribution is 9.10. The number of para-hydroxylation sites is 1. The van der Waals surface area contributed by atoms with E-state index in [2.05, 4.69) is 29.8 Å². The summed E-state index contributed by atoms with van der Waals surface area (Å²) in [7, 11) is 0. The summed E-state index contributed by atoms with van der Waals surface area (Å²) in [6.07, 6.45) is 1.90. The quantitative estimate of drug-likeness (QED) is 0.367. The Kier molecular flexibility index (Phi) is 6.23. The van der Waals surface area contributed by atoms with Crippen molar-refractivity contribution < 1.29 is 13.9 Å². The average molecular weight is 480 g/mol. The molecule has 0 unspecified atom stereocenters. The third kappa shape index (κ3) is 4.72. The number of rotatable bonds is 6. The van der Waals surface area contributed by atoms with Crippen molar-refractivity contribution in [1.82, 2.24) is 0 Å². The van der Waals surface area contributed by atoms with Crippen LogP contribution in [0.5, 0.6) is 5.75 Å². The molecule has 0 spiro atoms. The van der Waals surface area contributed by atoms with E-state index < -0.39 is 0 Å². The zero-order chi connectivity index (χ0) is 22.0. The van der Waals surface area contributed by atoms with E-state index in [1.165, 1.54) is 12.1 Å². The molecule has 1 aliphatic rings. The number of hydrogen-bond acceptors (Lipinski definition) is 2. The lowest BCUT2D eigenvalue weighted by Crippen LogP contribution is -2.30. The highest BCUT2D eigenvalue weighted by atomic mass is 79.9. The molecule has 5 heteroatoms. The van der Waals surface area contributed by atoms with Crippen LogP contribution < -0.4 is 9.64 Å². The molecule has 158 valence electrons. The second kappa shape index (κ2) is 9.06. The van der Waals surface area contributed by atoms with Gasteiger partial charge < -0.3 is 9.64 Å². The summed E-state index contributed by atoms with van der Waals surface area (Å²) in [4.78, 5) is 15.1. The second-order valence-electron chi connectivity index (χ2n) is 7.98. The SMILES string of the molecule is CC(C)CN1C(=O)/C(=C\c2cc(Br)ccc2OCc2ccc(F)cc2)c2ccccc21. The number of benzene rings is 3. The van der Waals surface area contributed by atoms with Crippen molar-refractivity contribution in [2.45, 2.75) is 20.5 Å². The van der Waals surface area contributed by atoms with Gasteiger partial charge in [-0.25, -0.2) is 4.39 Å². The van der Waals surface area contributed by atoms with Crippen molar-refractivity contribution >= 4 is 39.2 Å². The Hall–Kier alpha value is -2.92. The van der Waals surface area contributed by atoms with Crippen molar-refractivity contribution in [3.05, 3.63) is 93.7 Å². The lowest BCUT2D eigenvalue weighted by atomic mass is 10.0. The number of anilines is 1. The first-order valence-electron chi connectivity index (χ1n) is 10.2. The molecule has 0 fully saturated rings. The minimum absolute atomic E-state index is 0.000593. The van der Waals surface area contributed by atoms with Gasteiger partial charge >= 0.3 is 0 Å². The van der Waals surface area contributed by atoms with Gasteiger partial charge in [-0.1, -0.05) is 60.1 Å². The summed E-state index contributed by atoms with van der Waals surface area (Å²) in [5.74, 6) is 0.742. The van der Waals surface area contributed by atoms with E-state index in [4.69, 9.17) is 4.74 Å². The molecule has 0 aromatic heterocycles. The monoisotopic (exact) mass is 479 g/mol. The molecular weight excluding hydrogens is 457 g/mol. The molecule has 4 rings (SSSR count). The fraction of sp³-hybridized carbons (Fsp3) is 0.192. The van der Waals surface area contributed by atoms with Gasteiger partial charge in [0.25, 0.3) is 5.91 Å². The smallest absolute Gasteiger partial charge is 0.259 e. The standard InChI is InChI=1S/C26H23BrFNO2/c1-17(2)15-29-24-6-4-3-5-22(24)23(26(29)30)14-19-13-20(27)9-12-25(19)31-16-18-7-10-21(28)11-8-18/h3-14,17H,15-16H2,1-2H3/b23-14-. The number of amides is 1. The molecule has 3 nitrogen and oxygen atoms in total. The summed E-state index contributed by atoms with van der Waals surface area (Å²) in [5, 5.41) is 0. The van der Waals surface area contributed by atoms with Gasteiger partial charge in [0.1, 0.15) is 18.2 Å². The van der Waals surface area contributed by atoms with Gasteiger partial charge in [-0.3, -0.25) is 4.79 Å². The van der Waals surface area contributed by atoms with Crippen molar-refractivity contribution in [3.8, 4) is 5.75 Å². The maximum atomic E-state index is 13.3. The van der Waals surface area contributed by atoms with Gasteiger partial charge in [0, 0.05) is 27.7 Å². The zero-order valence-electron chi connectivity index (χ0n) is 17.4. The lowest BCUT2D eigenvalue weighted by molar-refractivity contribution is -0.113. The largest absolute Gasteiger partial charge is 0.488 e. The molecule has 1 heterocycles. The van der Waals surface area contributed by atoms with E-state index in [-0.39, 0.29) is 11.7 Å². The van der Waals surface area contributed by atoms with Crippen molar-refractivity contribution in [3.63, 3.8) is 0 Å². The first-order valence-corrected chi connectivity index (χ1v) is 11.0. The molecule has 0 aliphatic carbocycles. The maximum absolute atomic E-state index is 13.3. The zero-order valence-corrected chi connectivity index (χ0v) is 19.0. The van der Waals surface area contributed by atoms with Crippen LogP contribution in [0.2, 0.25) is 0 Å². The van der Waals surface area contributed by atoms with Crippen LogP contribution in [-0.4, -0.2) is 12.5 Å². The lowest BCUT2D eigenvalue weighted by Gasteiger charge is -2.19. The molecule has 0 N–H and O–H groups in total.